The van der Waals surface area contributed by atoms with Crippen molar-refractivity contribution < 1.29 is 18.5 Å². The van der Waals surface area contributed by atoms with Crippen molar-refractivity contribution in [3.8, 4) is 0 Å². The number of hydrogen-bond donors (Lipinski definition) is 1. The SMILES string of the molecule is CC[C@@]12CO[C@@H](C1O[P@]1O[C@@H](c3ccccc3)[C@H]3CCCN31)[C@H](n1cnc3c(=O)[nH]c(/N=C/N(C)C)nc31)O2. The number of aliphatic imine (C=N–C) groups is 1. The van der Waals surface area contributed by atoms with Crippen molar-refractivity contribution in [2.75, 3.05) is 27.2 Å². The van der Waals surface area contributed by atoms with Gasteiger partial charge in [0.05, 0.1) is 19.3 Å². The van der Waals surface area contributed by atoms with Crippen LogP contribution in [0.1, 0.15) is 44.1 Å². The number of nitrogens with zero attached hydrogens (tertiary/aromatic N) is 6. The zero-order valence-corrected chi connectivity index (χ0v) is 23.0. The molecule has 13 heteroatoms. The molecule has 0 spiro atoms. The van der Waals surface area contributed by atoms with Crippen LogP contribution in [-0.2, 0) is 18.5 Å². The van der Waals surface area contributed by atoms with E-state index in [9.17, 15) is 4.79 Å². The normalized spacial score (nSPS) is 34.0. The van der Waals surface area contributed by atoms with Gasteiger partial charge in [0, 0.05) is 26.7 Å². The van der Waals surface area contributed by atoms with Gasteiger partial charge in [0.1, 0.15) is 23.9 Å². The summed E-state index contributed by atoms with van der Waals surface area (Å²) >= 11 is 0. The van der Waals surface area contributed by atoms with Gasteiger partial charge in [0.25, 0.3) is 14.1 Å². The third-order valence-corrected chi connectivity index (χ3v) is 9.77. The minimum atomic E-state index is -1.29. The fourth-order valence-corrected chi connectivity index (χ4v) is 8.10. The van der Waals surface area contributed by atoms with Crippen LogP contribution in [-0.4, -0.2) is 86.5 Å². The van der Waals surface area contributed by atoms with E-state index in [0.717, 1.165) is 19.4 Å². The Hall–Kier alpha value is -2.73. The van der Waals surface area contributed by atoms with Crippen LogP contribution in [0.3, 0.4) is 0 Å². The highest BCUT2D eigenvalue weighted by molar-refractivity contribution is 7.45. The van der Waals surface area contributed by atoms with E-state index >= 15 is 0 Å². The van der Waals surface area contributed by atoms with Gasteiger partial charge >= 0.3 is 0 Å². The molecule has 0 radical (unpaired) electrons. The van der Waals surface area contributed by atoms with Gasteiger partial charge in [-0.15, -0.1) is 0 Å². The molecule has 12 nitrogen and oxygen atoms in total. The zero-order chi connectivity index (χ0) is 26.7. The van der Waals surface area contributed by atoms with E-state index in [1.807, 2.05) is 20.2 Å². The summed E-state index contributed by atoms with van der Waals surface area (Å²) in [6.45, 7) is 3.47. The summed E-state index contributed by atoms with van der Waals surface area (Å²) in [6, 6.07) is 10.7. The number of hydrogen-bond acceptors (Lipinski definition) is 9. The Balaban J connectivity index is 1.19. The fraction of sp³-hybridized carbons (Fsp3) is 0.538. The molecule has 7 rings (SSSR count). The molecule has 206 valence electrons. The molecule has 0 amide bonds. The molecular formula is C26H32N7O5P. The molecule has 6 heterocycles. The van der Waals surface area contributed by atoms with Crippen LogP contribution in [0, 0.1) is 0 Å². The van der Waals surface area contributed by atoms with Crippen molar-refractivity contribution in [3.63, 3.8) is 0 Å². The molecule has 4 saturated heterocycles. The highest BCUT2D eigenvalue weighted by atomic mass is 31.2. The fourth-order valence-electron chi connectivity index (χ4n) is 6.06. The second kappa shape index (κ2) is 9.72. The average Bonchev–Trinajstić information content (AvgIpc) is 3.75. The van der Waals surface area contributed by atoms with Crippen LogP contribution in [0.2, 0.25) is 0 Å². The largest absolute Gasteiger partial charge is 0.369 e. The quantitative estimate of drug-likeness (QED) is 0.267. The molecule has 1 N–H and O–H groups in total. The number of imidazole rings is 1. The molecule has 0 aliphatic carbocycles. The van der Waals surface area contributed by atoms with Crippen LogP contribution < -0.4 is 5.56 Å². The van der Waals surface area contributed by atoms with Crippen molar-refractivity contribution in [3.05, 3.63) is 52.6 Å². The van der Waals surface area contributed by atoms with E-state index in [0.29, 0.717) is 24.7 Å². The lowest BCUT2D eigenvalue weighted by molar-refractivity contribution is -0.172. The number of fused-ring (bicyclic) bond motifs is 4. The van der Waals surface area contributed by atoms with E-state index in [4.69, 9.17) is 18.5 Å². The number of H-pyrrole nitrogens is 1. The first-order chi connectivity index (χ1) is 19.0. The molecule has 2 bridgehead atoms. The van der Waals surface area contributed by atoms with Crippen molar-refractivity contribution in [1.29, 1.82) is 0 Å². The molecule has 0 saturated carbocycles. The standard InChI is InChI=1S/C26H32N7O5P/c1-4-26-13-35-20(21(26)38-39-33-12-8-11-17(33)19(37-39)16-9-6-5-7-10-16)24(36-26)32-15-27-18-22(32)29-25(30-23(18)34)28-14-31(2)3/h5-7,9-10,14-15,17,19-21,24H,4,8,11-13H2,1-3H3,(H,29,30,34)/b28-14+/t17-,19+,20+,21?,24-,26-,39+/m1/s1. The molecule has 4 fully saturated rings. The van der Waals surface area contributed by atoms with Crippen molar-refractivity contribution >= 4 is 32.0 Å². The minimum absolute atomic E-state index is 0.0104. The maximum Gasteiger partial charge on any atom is 0.280 e. The van der Waals surface area contributed by atoms with Crippen LogP contribution in [0.15, 0.2) is 46.4 Å². The van der Waals surface area contributed by atoms with Crippen molar-refractivity contribution in [2.24, 2.45) is 4.99 Å². The number of rotatable bonds is 7. The number of aromatic amines is 1. The summed E-state index contributed by atoms with van der Waals surface area (Å²) in [5.41, 5.74) is 0.804. The molecule has 4 aliphatic rings. The first-order valence-electron chi connectivity index (χ1n) is 13.4. The van der Waals surface area contributed by atoms with Gasteiger partial charge in [0.15, 0.2) is 17.4 Å². The first-order valence-corrected chi connectivity index (χ1v) is 14.5. The highest BCUT2D eigenvalue weighted by Crippen LogP contribution is 2.63. The third kappa shape index (κ3) is 4.13. The Bertz CT molecular complexity index is 1450. The summed E-state index contributed by atoms with van der Waals surface area (Å²) in [4.78, 5) is 30.3. The Morgan fingerprint density at radius 1 is 1.33 bits per heavy atom. The minimum Gasteiger partial charge on any atom is -0.369 e. The van der Waals surface area contributed by atoms with Gasteiger partial charge < -0.3 is 23.4 Å². The molecule has 3 aromatic rings. The Morgan fingerprint density at radius 3 is 2.97 bits per heavy atom. The monoisotopic (exact) mass is 553 g/mol. The van der Waals surface area contributed by atoms with Crippen LogP contribution in [0.5, 0.6) is 0 Å². The van der Waals surface area contributed by atoms with Crippen LogP contribution in [0.25, 0.3) is 11.2 Å². The predicted molar refractivity (Wildman–Crippen MR) is 145 cm³/mol. The van der Waals surface area contributed by atoms with Gasteiger partial charge in [-0.2, -0.15) is 4.98 Å². The molecule has 1 aromatic carbocycles. The Kier molecular flexibility index (Phi) is 6.30. The molecule has 1 unspecified atom stereocenters. The van der Waals surface area contributed by atoms with Gasteiger partial charge in [-0.25, -0.2) is 14.6 Å². The Morgan fingerprint density at radius 2 is 2.18 bits per heavy atom. The first kappa shape index (κ1) is 25.3. The predicted octanol–water partition coefficient (Wildman–Crippen LogP) is 3.27. The maximum absolute atomic E-state index is 12.7. The van der Waals surface area contributed by atoms with E-state index in [1.54, 1.807) is 22.1 Å². The highest BCUT2D eigenvalue weighted by Gasteiger charge is 2.64. The summed E-state index contributed by atoms with van der Waals surface area (Å²) in [7, 11) is 2.40. The zero-order valence-electron chi connectivity index (χ0n) is 22.1. The average molecular weight is 554 g/mol. The van der Waals surface area contributed by atoms with E-state index in [-0.39, 0.29) is 29.2 Å². The molecule has 2 aromatic heterocycles. The van der Waals surface area contributed by atoms with E-state index < -0.39 is 26.5 Å². The summed E-state index contributed by atoms with van der Waals surface area (Å²) in [5.74, 6) is 0.194. The third-order valence-electron chi connectivity index (χ3n) is 8.04. The van der Waals surface area contributed by atoms with E-state index in [2.05, 4.69) is 55.8 Å². The van der Waals surface area contributed by atoms with Crippen molar-refractivity contribution in [2.45, 2.75) is 62.4 Å². The van der Waals surface area contributed by atoms with Gasteiger partial charge in [-0.1, -0.05) is 37.3 Å². The smallest absolute Gasteiger partial charge is 0.280 e. The van der Waals surface area contributed by atoms with Gasteiger partial charge in [0.2, 0.25) is 5.95 Å². The number of aromatic nitrogens is 4. The van der Waals surface area contributed by atoms with E-state index in [1.165, 1.54) is 5.56 Å². The maximum atomic E-state index is 12.7. The molecular weight excluding hydrogens is 521 g/mol. The molecule has 39 heavy (non-hydrogen) atoms. The second-order valence-corrected chi connectivity index (χ2v) is 12.1. The summed E-state index contributed by atoms with van der Waals surface area (Å²) in [6.07, 6.45) is 4.79. The number of ether oxygens (including phenoxy) is 2. The molecule has 7 atom stereocenters. The van der Waals surface area contributed by atoms with Gasteiger partial charge in [-0.05, 0) is 24.8 Å². The lowest BCUT2D eigenvalue weighted by atomic mass is 9.96. The summed E-state index contributed by atoms with van der Waals surface area (Å²) in [5, 5.41) is 0. The molecule has 4 aliphatic heterocycles. The van der Waals surface area contributed by atoms with Crippen LogP contribution in [0.4, 0.5) is 5.95 Å². The van der Waals surface area contributed by atoms with Crippen LogP contribution >= 0.6 is 8.53 Å². The lowest BCUT2D eigenvalue weighted by Gasteiger charge is -2.31. The lowest BCUT2D eigenvalue weighted by Crippen LogP contribution is -2.41. The Labute approximate surface area is 226 Å². The summed E-state index contributed by atoms with van der Waals surface area (Å²) < 4.78 is 30.6. The van der Waals surface area contributed by atoms with Crippen molar-refractivity contribution in [1.82, 2.24) is 29.1 Å². The second-order valence-electron chi connectivity index (χ2n) is 10.7. The van der Waals surface area contributed by atoms with Gasteiger partial charge in [-0.3, -0.25) is 14.3 Å². The number of nitrogens with one attached hydrogen (secondary N) is 1. The number of benzene rings is 1. The topological polar surface area (TPSA) is 119 Å².